The van der Waals surface area contributed by atoms with Crippen LogP contribution < -0.4 is 10.5 Å². The Morgan fingerprint density at radius 2 is 2.04 bits per heavy atom. The first-order chi connectivity index (χ1) is 12.2. The zero-order valence-electron chi connectivity index (χ0n) is 15.0. The Hall–Kier alpha value is -1.81. The maximum Gasteiger partial charge on any atom is 0.409 e. The zero-order valence-corrected chi connectivity index (χ0v) is 15.0. The van der Waals surface area contributed by atoms with Crippen molar-refractivity contribution in [1.82, 2.24) is 4.90 Å². The largest absolute Gasteiger partial charge is 0.410 e. The molecule has 1 saturated carbocycles. The van der Waals surface area contributed by atoms with Crippen molar-refractivity contribution in [2.45, 2.75) is 44.9 Å². The first kappa shape index (κ1) is 18.0. The second kappa shape index (κ2) is 9.04. The molecule has 135 valence electrons. The van der Waals surface area contributed by atoms with Gasteiger partial charge in [-0.1, -0.05) is 56.4 Å². The van der Waals surface area contributed by atoms with Gasteiger partial charge in [0.25, 0.3) is 0 Å². The van der Waals surface area contributed by atoms with Gasteiger partial charge in [0.2, 0.25) is 0 Å². The lowest BCUT2D eigenvalue weighted by molar-refractivity contribution is 0.210. The molecule has 4 nitrogen and oxygen atoms in total. The Labute approximate surface area is 151 Å². The number of ether oxygens (including phenoxy) is 1. The maximum atomic E-state index is 11.1. The Morgan fingerprint density at radius 3 is 2.76 bits per heavy atom. The van der Waals surface area contributed by atoms with Gasteiger partial charge in [0, 0.05) is 25.2 Å². The fourth-order valence-electron chi connectivity index (χ4n) is 3.97. The summed E-state index contributed by atoms with van der Waals surface area (Å²) >= 11 is 0. The highest BCUT2D eigenvalue weighted by Gasteiger charge is 2.18. The van der Waals surface area contributed by atoms with Crippen LogP contribution in [0.3, 0.4) is 0 Å². The molecule has 0 saturated heterocycles. The van der Waals surface area contributed by atoms with E-state index in [-0.39, 0.29) is 0 Å². The van der Waals surface area contributed by atoms with Crippen LogP contribution >= 0.6 is 0 Å². The minimum Gasteiger partial charge on any atom is -0.410 e. The number of para-hydroxylation sites is 1. The maximum absolute atomic E-state index is 11.1. The molecule has 25 heavy (non-hydrogen) atoms. The molecule has 0 spiro atoms. The van der Waals surface area contributed by atoms with E-state index < -0.39 is 6.09 Å². The SMILES string of the molecule is NC(=O)Oc1ccccc1C1=CCN(C[CH]CC2CCCCC2)CC1. The van der Waals surface area contributed by atoms with Crippen LogP contribution in [0.15, 0.2) is 30.3 Å². The number of hydrogen-bond donors (Lipinski definition) is 1. The average Bonchev–Trinajstić information content (AvgIpc) is 2.63. The van der Waals surface area contributed by atoms with Crippen molar-refractivity contribution in [2.24, 2.45) is 11.7 Å². The van der Waals surface area contributed by atoms with Gasteiger partial charge in [-0.3, -0.25) is 4.90 Å². The second-order valence-electron chi connectivity index (χ2n) is 7.18. The molecule has 1 aromatic rings. The molecule has 0 atom stereocenters. The summed E-state index contributed by atoms with van der Waals surface area (Å²) in [6.07, 6.45) is 13.3. The number of rotatable bonds is 6. The number of amides is 1. The lowest BCUT2D eigenvalue weighted by Crippen LogP contribution is -2.30. The summed E-state index contributed by atoms with van der Waals surface area (Å²) in [4.78, 5) is 13.5. The van der Waals surface area contributed by atoms with Gasteiger partial charge in [-0.15, -0.1) is 0 Å². The Balaban J connectivity index is 1.50. The third-order valence-corrected chi connectivity index (χ3v) is 5.35. The van der Waals surface area contributed by atoms with Crippen molar-refractivity contribution < 1.29 is 9.53 Å². The van der Waals surface area contributed by atoms with Gasteiger partial charge < -0.3 is 10.5 Å². The molecule has 1 radical (unpaired) electrons. The van der Waals surface area contributed by atoms with E-state index in [1.807, 2.05) is 18.2 Å². The highest BCUT2D eigenvalue weighted by Crippen LogP contribution is 2.31. The van der Waals surface area contributed by atoms with Crippen molar-refractivity contribution >= 4 is 11.7 Å². The van der Waals surface area contributed by atoms with Crippen LogP contribution in [-0.2, 0) is 0 Å². The third kappa shape index (κ3) is 5.33. The molecule has 1 aliphatic carbocycles. The van der Waals surface area contributed by atoms with Crippen LogP contribution in [0.1, 0.15) is 50.5 Å². The molecular weight excluding hydrogens is 312 g/mol. The fourth-order valence-corrected chi connectivity index (χ4v) is 3.97. The third-order valence-electron chi connectivity index (χ3n) is 5.35. The summed E-state index contributed by atoms with van der Waals surface area (Å²) in [6, 6.07) is 7.62. The van der Waals surface area contributed by atoms with E-state index in [1.54, 1.807) is 6.07 Å². The number of nitrogens with zero attached hydrogens (tertiary/aromatic N) is 1. The van der Waals surface area contributed by atoms with E-state index in [9.17, 15) is 4.79 Å². The van der Waals surface area contributed by atoms with Gasteiger partial charge in [-0.05, 0) is 36.8 Å². The van der Waals surface area contributed by atoms with E-state index in [4.69, 9.17) is 10.5 Å². The summed E-state index contributed by atoms with van der Waals surface area (Å²) < 4.78 is 5.14. The Kier molecular flexibility index (Phi) is 6.51. The normalized spacial score (nSPS) is 19.4. The average molecular weight is 341 g/mol. The second-order valence-corrected chi connectivity index (χ2v) is 7.18. The molecule has 1 heterocycles. The van der Waals surface area contributed by atoms with Crippen molar-refractivity contribution in [3.8, 4) is 5.75 Å². The number of benzene rings is 1. The summed E-state index contributed by atoms with van der Waals surface area (Å²) in [7, 11) is 0. The van der Waals surface area contributed by atoms with Crippen molar-refractivity contribution in [3.05, 3.63) is 42.3 Å². The van der Waals surface area contributed by atoms with E-state index in [0.717, 1.165) is 37.5 Å². The first-order valence-electron chi connectivity index (χ1n) is 9.52. The van der Waals surface area contributed by atoms with Gasteiger partial charge in [-0.2, -0.15) is 0 Å². The number of nitrogens with two attached hydrogens (primary N) is 1. The van der Waals surface area contributed by atoms with Crippen LogP contribution in [0, 0.1) is 12.3 Å². The van der Waals surface area contributed by atoms with E-state index in [2.05, 4.69) is 17.4 Å². The topological polar surface area (TPSA) is 55.6 Å². The highest BCUT2D eigenvalue weighted by atomic mass is 16.5. The molecule has 3 rings (SSSR count). The lowest BCUT2D eigenvalue weighted by atomic mass is 9.86. The van der Waals surface area contributed by atoms with Crippen molar-refractivity contribution in [1.29, 1.82) is 0 Å². The molecule has 2 N–H and O–H groups in total. The molecule has 1 aliphatic heterocycles. The van der Waals surface area contributed by atoms with Crippen LogP contribution in [0.4, 0.5) is 4.79 Å². The smallest absolute Gasteiger partial charge is 0.409 e. The van der Waals surface area contributed by atoms with Gasteiger partial charge >= 0.3 is 6.09 Å². The summed E-state index contributed by atoms with van der Waals surface area (Å²) in [6.45, 7) is 3.05. The number of primary amides is 1. The molecule has 0 bridgehead atoms. The van der Waals surface area contributed by atoms with Gasteiger partial charge in [0.15, 0.2) is 0 Å². The number of hydrogen-bond acceptors (Lipinski definition) is 3. The summed E-state index contributed by atoms with van der Waals surface area (Å²) in [5, 5.41) is 0. The van der Waals surface area contributed by atoms with Crippen molar-refractivity contribution in [2.75, 3.05) is 19.6 Å². The summed E-state index contributed by atoms with van der Waals surface area (Å²) in [5.41, 5.74) is 7.38. The monoisotopic (exact) mass is 341 g/mol. The summed E-state index contributed by atoms with van der Waals surface area (Å²) in [5.74, 6) is 1.47. The molecule has 4 heteroatoms. The van der Waals surface area contributed by atoms with Crippen molar-refractivity contribution in [3.63, 3.8) is 0 Å². The van der Waals surface area contributed by atoms with Gasteiger partial charge in [-0.25, -0.2) is 4.79 Å². The van der Waals surface area contributed by atoms with Crippen LogP contribution in [0.25, 0.3) is 5.57 Å². The highest BCUT2D eigenvalue weighted by molar-refractivity contribution is 5.75. The molecule has 1 fully saturated rings. The fraction of sp³-hybridized carbons (Fsp3) is 0.524. The minimum atomic E-state index is -0.761. The molecular formula is C21H29N2O2. The Morgan fingerprint density at radius 1 is 1.24 bits per heavy atom. The quantitative estimate of drug-likeness (QED) is 0.834. The standard InChI is InChI=1S/C21H29N2O2/c22-21(24)25-20-11-5-4-10-19(20)18-12-15-23(16-13-18)14-6-9-17-7-2-1-3-8-17/h4-6,10-12,17H,1-3,7-9,13-16H2,(H2,22,24). The first-order valence-corrected chi connectivity index (χ1v) is 9.52. The van der Waals surface area contributed by atoms with Crippen LogP contribution in [0.2, 0.25) is 0 Å². The molecule has 1 amide bonds. The van der Waals surface area contributed by atoms with E-state index >= 15 is 0 Å². The minimum absolute atomic E-state index is 0.554. The molecule has 1 aromatic carbocycles. The zero-order chi connectivity index (χ0) is 17.5. The predicted molar refractivity (Wildman–Crippen MR) is 101 cm³/mol. The Bertz CT molecular complexity index is 606. The van der Waals surface area contributed by atoms with E-state index in [1.165, 1.54) is 44.1 Å². The number of carbonyl (C=O) groups excluding carboxylic acids is 1. The van der Waals surface area contributed by atoms with Gasteiger partial charge in [0.1, 0.15) is 5.75 Å². The van der Waals surface area contributed by atoms with Gasteiger partial charge in [0.05, 0.1) is 0 Å². The van der Waals surface area contributed by atoms with Crippen LogP contribution in [0.5, 0.6) is 5.75 Å². The molecule has 0 unspecified atom stereocenters. The van der Waals surface area contributed by atoms with Crippen LogP contribution in [-0.4, -0.2) is 30.6 Å². The lowest BCUT2D eigenvalue weighted by Gasteiger charge is -2.28. The molecule has 0 aromatic heterocycles. The number of carbonyl (C=O) groups is 1. The predicted octanol–water partition coefficient (Wildman–Crippen LogP) is 4.41. The molecule has 2 aliphatic rings. The van der Waals surface area contributed by atoms with E-state index in [0.29, 0.717) is 5.75 Å².